The summed E-state index contributed by atoms with van der Waals surface area (Å²) in [5.41, 5.74) is 1.57. The van der Waals surface area contributed by atoms with Crippen LogP contribution >= 0.6 is 11.6 Å². The van der Waals surface area contributed by atoms with Crippen LogP contribution in [0.25, 0.3) is 0 Å². The first-order valence-electron chi connectivity index (χ1n) is 9.68. The molecule has 0 bridgehead atoms. The zero-order valence-electron chi connectivity index (χ0n) is 16.0. The van der Waals surface area contributed by atoms with Gasteiger partial charge in [0.05, 0.1) is 36.4 Å². The number of carbonyl (C=O) groups is 2. The lowest BCUT2D eigenvalue weighted by atomic mass is 9.89. The molecular formula is C22H22ClN3O3. The van der Waals surface area contributed by atoms with Crippen LogP contribution in [0, 0.1) is 0 Å². The number of benzene rings is 2. The number of para-hydroxylation sites is 1. The minimum atomic E-state index is -0.620. The zero-order chi connectivity index (χ0) is 20.2. The predicted molar refractivity (Wildman–Crippen MR) is 113 cm³/mol. The fourth-order valence-electron chi connectivity index (χ4n) is 3.66. The van der Waals surface area contributed by atoms with Gasteiger partial charge in [0.1, 0.15) is 0 Å². The van der Waals surface area contributed by atoms with Gasteiger partial charge in [-0.25, -0.2) is 4.90 Å². The van der Waals surface area contributed by atoms with E-state index in [0.29, 0.717) is 28.4 Å². The molecular weight excluding hydrogens is 390 g/mol. The third-order valence-electron chi connectivity index (χ3n) is 5.21. The van der Waals surface area contributed by atoms with Crippen molar-refractivity contribution in [3.63, 3.8) is 0 Å². The fraction of sp³-hybridized carbons (Fsp3) is 0.318. The van der Waals surface area contributed by atoms with E-state index < -0.39 is 5.92 Å². The third kappa shape index (κ3) is 4.10. The van der Waals surface area contributed by atoms with Crippen LogP contribution in [0.3, 0.4) is 0 Å². The normalized spacial score (nSPS) is 20.3. The molecule has 0 unspecified atom stereocenters. The van der Waals surface area contributed by atoms with Crippen molar-refractivity contribution in [3.8, 4) is 0 Å². The number of nitrogens with zero attached hydrogens (tertiary/aromatic N) is 3. The van der Waals surface area contributed by atoms with Crippen molar-refractivity contribution >= 4 is 35.3 Å². The number of hydrogen-bond donors (Lipinski definition) is 0. The summed E-state index contributed by atoms with van der Waals surface area (Å²) in [7, 11) is 0. The van der Waals surface area contributed by atoms with E-state index in [1.807, 2.05) is 12.1 Å². The molecule has 1 saturated heterocycles. The van der Waals surface area contributed by atoms with Gasteiger partial charge in [0.2, 0.25) is 5.91 Å². The van der Waals surface area contributed by atoms with Gasteiger partial charge in [-0.3, -0.25) is 19.5 Å². The molecule has 1 fully saturated rings. The van der Waals surface area contributed by atoms with Crippen LogP contribution < -0.4 is 4.90 Å². The molecule has 0 N–H and O–H groups in total. The van der Waals surface area contributed by atoms with Crippen molar-refractivity contribution in [1.82, 2.24) is 4.90 Å². The molecule has 2 aromatic carbocycles. The number of anilines is 1. The Hall–Kier alpha value is -2.54. The monoisotopic (exact) mass is 411 g/mol. The number of fused-ring (bicyclic) bond motifs is 1. The van der Waals surface area contributed by atoms with Gasteiger partial charge in [-0.05, 0) is 23.8 Å². The maximum atomic E-state index is 13.3. The highest BCUT2D eigenvalue weighted by atomic mass is 35.5. The van der Waals surface area contributed by atoms with Crippen molar-refractivity contribution in [2.45, 2.75) is 5.92 Å². The van der Waals surface area contributed by atoms with Crippen molar-refractivity contribution in [1.29, 1.82) is 0 Å². The van der Waals surface area contributed by atoms with Crippen molar-refractivity contribution < 1.29 is 14.3 Å². The second-order valence-electron chi connectivity index (χ2n) is 7.00. The lowest BCUT2D eigenvalue weighted by Crippen LogP contribution is -2.45. The summed E-state index contributed by atoms with van der Waals surface area (Å²) in [4.78, 5) is 34.3. The molecule has 150 valence electrons. The summed E-state index contributed by atoms with van der Waals surface area (Å²) in [5.74, 6) is -1.32. The summed E-state index contributed by atoms with van der Waals surface area (Å²) in [6.07, 6.45) is 1.66. The van der Waals surface area contributed by atoms with Crippen LogP contribution in [0.1, 0.15) is 21.8 Å². The number of imide groups is 1. The van der Waals surface area contributed by atoms with Crippen molar-refractivity contribution in [2.75, 3.05) is 44.3 Å². The average molecular weight is 412 g/mol. The minimum absolute atomic E-state index is 0.336. The molecule has 0 saturated carbocycles. The Morgan fingerprint density at radius 3 is 2.59 bits per heavy atom. The predicted octanol–water partition coefficient (Wildman–Crippen LogP) is 3.01. The van der Waals surface area contributed by atoms with Crippen LogP contribution in [-0.2, 0) is 9.53 Å². The van der Waals surface area contributed by atoms with E-state index in [1.54, 1.807) is 42.6 Å². The largest absolute Gasteiger partial charge is 0.379 e. The van der Waals surface area contributed by atoms with Crippen LogP contribution in [0.2, 0.25) is 5.02 Å². The minimum Gasteiger partial charge on any atom is -0.379 e. The third-order valence-corrected chi connectivity index (χ3v) is 5.53. The van der Waals surface area contributed by atoms with Crippen molar-refractivity contribution in [3.05, 3.63) is 64.7 Å². The first-order chi connectivity index (χ1) is 14.2. The summed E-state index contributed by atoms with van der Waals surface area (Å²) in [6, 6.07) is 14.1. The van der Waals surface area contributed by atoms with Crippen LogP contribution in [0.5, 0.6) is 0 Å². The molecule has 6 nitrogen and oxygen atoms in total. The maximum Gasteiger partial charge on any atom is 0.265 e. The topological polar surface area (TPSA) is 62.2 Å². The first-order valence-corrected chi connectivity index (χ1v) is 10.1. The van der Waals surface area contributed by atoms with Gasteiger partial charge in [-0.1, -0.05) is 41.9 Å². The van der Waals surface area contributed by atoms with Gasteiger partial charge >= 0.3 is 0 Å². The van der Waals surface area contributed by atoms with E-state index in [0.717, 1.165) is 32.8 Å². The van der Waals surface area contributed by atoms with Gasteiger partial charge in [0, 0.05) is 31.4 Å². The number of halogens is 1. The Bertz CT molecular complexity index is 940. The van der Waals surface area contributed by atoms with Crippen LogP contribution in [0.4, 0.5) is 5.69 Å². The van der Waals surface area contributed by atoms with Gasteiger partial charge in [-0.15, -0.1) is 0 Å². The van der Waals surface area contributed by atoms with E-state index >= 15 is 0 Å². The average Bonchev–Trinajstić information content (AvgIpc) is 2.75. The van der Waals surface area contributed by atoms with Crippen molar-refractivity contribution in [2.24, 2.45) is 4.99 Å². The molecule has 0 spiro atoms. The number of carbonyl (C=O) groups excluding carboxylic acids is 2. The molecule has 2 aliphatic rings. The highest BCUT2D eigenvalue weighted by Gasteiger charge is 2.39. The lowest BCUT2D eigenvalue weighted by molar-refractivity contribution is -0.118. The van der Waals surface area contributed by atoms with Crippen LogP contribution in [0.15, 0.2) is 53.5 Å². The van der Waals surface area contributed by atoms with Gasteiger partial charge in [0.15, 0.2) is 0 Å². The molecule has 2 heterocycles. The number of aliphatic imine (C=N–C) groups is 1. The highest BCUT2D eigenvalue weighted by molar-refractivity contribution is 6.37. The number of rotatable bonds is 5. The second kappa shape index (κ2) is 8.86. The fourth-order valence-corrected chi connectivity index (χ4v) is 3.88. The molecule has 4 rings (SSSR count). The van der Waals surface area contributed by atoms with Gasteiger partial charge in [0.25, 0.3) is 5.91 Å². The maximum absolute atomic E-state index is 13.3. The quantitative estimate of drug-likeness (QED) is 0.560. The van der Waals surface area contributed by atoms with E-state index in [1.165, 1.54) is 4.90 Å². The van der Waals surface area contributed by atoms with Gasteiger partial charge in [-0.2, -0.15) is 0 Å². The molecule has 0 radical (unpaired) electrons. The first kappa shape index (κ1) is 19.8. The summed E-state index contributed by atoms with van der Waals surface area (Å²) < 4.78 is 5.35. The molecule has 2 aliphatic heterocycles. The van der Waals surface area contributed by atoms with Gasteiger partial charge < -0.3 is 4.74 Å². The molecule has 0 aromatic heterocycles. The smallest absolute Gasteiger partial charge is 0.265 e. The Labute approximate surface area is 174 Å². The summed E-state index contributed by atoms with van der Waals surface area (Å²) in [5, 5.41) is 0.358. The second-order valence-corrected chi connectivity index (χ2v) is 7.41. The van der Waals surface area contributed by atoms with E-state index in [2.05, 4.69) is 9.89 Å². The lowest BCUT2D eigenvalue weighted by Gasteiger charge is -2.31. The Kier molecular flexibility index (Phi) is 6.04. The number of morpholine rings is 1. The molecule has 7 heteroatoms. The van der Waals surface area contributed by atoms with Crippen LogP contribution in [-0.4, -0.2) is 62.3 Å². The SMILES string of the molecule is O=C1c2ccccc2[C@H](C=NCCN2CCOCC2)C(=O)N1c1ccccc1Cl. The molecule has 2 amide bonds. The van der Waals surface area contributed by atoms with E-state index in [4.69, 9.17) is 16.3 Å². The highest BCUT2D eigenvalue weighted by Crippen LogP contribution is 2.35. The summed E-state index contributed by atoms with van der Waals surface area (Å²) in [6.45, 7) is 4.69. The Morgan fingerprint density at radius 1 is 1.07 bits per heavy atom. The number of amides is 2. The van der Waals surface area contributed by atoms with E-state index in [9.17, 15) is 9.59 Å². The molecule has 2 aromatic rings. The Balaban J connectivity index is 1.59. The van der Waals surface area contributed by atoms with E-state index in [-0.39, 0.29) is 11.8 Å². The molecule has 29 heavy (non-hydrogen) atoms. The summed E-state index contributed by atoms with van der Waals surface area (Å²) >= 11 is 6.28. The number of hydrogen-bond acceptors (Lipinski definition) is 5. The standard InChI is InChI=1S/C22H22ClN3O3/c23-19-7-3-4-8-20(19)26-21(27)17-6-2-1-5-16(17)18(22(26)28)15-24-9-10-25-11-13-29-14-12-25/h1-8,15,18H,9-14H2/t18-/m0/s1. The zero-order valence-corrected chi connectivity index (χ0v) is 16.7. The Morgan fingerprint density at radius 2 is 1.79 bits per heavy atom. The number of ether oxygens (including phenoxy) is 1. The molecule has 0 aliphatic carbocycles. The molecule has 1 atom stereocenters.